The smallest absolute Gasteiger partial charge is 0.0500 e. The minimum atomic E-state index is -0.0843. The van der Waals surface area contributed by atoms with Crippen molar-refractivity contribution in [2.75, 3.05) is 11.5 Å². The van der Waals surface area contributed by atoms with Crippen LogP contribution < -0.4 is 10.6 Å². The number of hydrogen-bond acceptors (Lipinski definition) is 1. The van der Waals surface area contributed by atoms with Crippen LogP contribution in [-0.4, -0.2) is 11.9 Å². The van der Waals surface area contributed by atoms with Gasteiger partial charge in [0.15, 0.2) is 0 Å². The van der Waals surface area contributed by atoms with E-state index in [2.05, 4.69) is 67.7 Å². The molecule has 0 radical (unpaired) electrons. The fourth-order valence-electron chi connectivity index (χ4n) is 3.26. The maximum atomic E-state index is 3.84. The van der Waals surface area contributed by atoms with Crippen LogP contribution >= 0.6 is 7.92 Å². The summed E-state index contributed by atoms with van der Waals surface area (Å²) < 4.78 is 0. The van der Waals surface area contributed by atoms with Crippen molar-refractivity contribution in [1.29, 1.82) is 0 Å². The molecule has 0 saturated carbocycles. The Morgan fingerprint density at radius 2 is 1.67 bits per heavy atom. The molecule has 0 amide bonds. The zero-order chi connectivity index (χ0) is 14.7. The van der Waals surface area contributed by atoms with Crippen LogP contribution in [0.4, 0.5) is 5.69 Å². The Balaban J connectivity index is 1.81. The van der Waals surface area contributed by atoms with Gasteiger partial charge in [0.1, 0.15) is 0 Å². The van der Waals surface area contributed by atoms with Gasteiger partial charge in [-0.05, 0) is 61.4 Å². The molecule has 1 fully saturated rings. The van der Waals surface area contributed by atoms with Gasteiger partial charge in [0, 0.05) is 5.69 Å². The molecule has 1 N–H and O–H groups in total. The minimum absolute atomic E-state index is 0.0843. The van der Waals surface area contributed by atoms with Crippen molar-refractivity contribution in [3.05, 3.63) is 59.7 Å². The van der Waals surface area contributed by atoms with E-state index in [9.17, 15) is 0 Å². The Bertz CT molecular complexity index is 574. The summed E-state index contributed by atoms with van der Waals surface area (Å²) >= 11 is 0. The molecule has 2 heteroatoms. The predicted molar refractivity (Wildman–Crippen MR) is 95.0 cm³/mol. The summed E-state index contributed by atoms with van der Waals surface area (Å²) in [6, 6.07) is 17.9. The molecule has 1 aliphatic heterocycles. The number of nitrogens with one attached hydrogen (secondary N) is 1. The maximum absolute atomic E-state index is 3.84. The molecule has 2 aromatic rings. The third-order valence-electron chi connectivity index (χ3n) is 4.15. The first-order valence-electron chi connectivity index (χ1n) is 7.89. The average molecular weight is 297 g/mol. The fourth-order valence-corrected chi connectivity index (χ4v) is 6.11. The van der Waals surface area contributed by atoms with Crippen molar-refractivity contribution in [3.8, 4) is 0 Å². The minimum Gasteiger partial charge on any atom is -0.378 e. The van der Waals surface area contributed by atoms with Crippen LogP contribution in [0.25, 0.3) is 0 Å². The largest absolute Gasteiger partial charge is 0.378 e. The summed E-state index contributed by atoms with van der Waals surface area (Å²) in [6.07, 6.45) is 5.40. The van der Waals surface area contributed by atoms with Crippen LogP contribution in [-0.2, 0) is 0 Å². The van der Waals surface area contributed by atoms with Crippen LogP contribution in [0.2, 0.25) is 0 Å². The predicted octanol–water partition coefficient (Wildman–Crippen LogP) is 5.03. The molecular weight excluding hydrogens is 273 g/mol. The van der Waals surface area contributed by atoms with Gasteiger partial charge < -0.3 is 5.32 Å². The average Bonchev–Trinajstić information content (AvgIpc) is 2.48. The normalized spacial score (nSPS) is 22.0. The lowest BCUT2D eigenvalue weighted by atomic mass is 10.1. The molecule has 110 valence electrons. The van der Waals surface area contributed by atoms with Gasteiger partial charge in [-0.15, -0.1) is 0 Å². The van der Waals surface area contributed by atoms with Gasteiger partial charge in [-0.2, -0.15) is 0 Å². The first kappa shape index (κ1) is 14.6. The van der Waals surface area contributed by atoms with Gasteiger partial charge in [-0.25, -0.2) is 0 Å². The molecule has 1 nitrogen and oxygen atoms in total. The molecular formula is C19H24NP. The van der Waals surface area contributed by atoms with Crippen molar-refractivity contribution in [1.82, 2.24) is 0 Å². The molecule has 2 aromatic carbocycles. The first-order chi connectivity index (χ1) is 10.2. The van der Waals surface area contributed by atoms with Gasteiger partial charge in [0.05, 0.1) is 5.78 Å². The number of aryl methyl sites for hydroxylation is 2. The molecule has 1 unspecified atom stereocenters. The van der Waals surface area contributed by atoms with E-state index in [4.69, 9.17) is 0 Å². The van der Waals surface area contributed by atoms with E-state index >= 15 is 0 Å². The molecule has 0 aliphatic carbocycles. The van der Waals surface area contributed by atoms with Crippen molar-refractivity contribution in [2.45, 2.75) is 38.9 Å². The third kappa shape index (κ3) is 3.66. The standard InChI is InChI=1S/C19H24NP/c1-15-12-16(2)14-17(13-15)20-19-10-6-7-11-21(19)18-8-4-3-5-9-18/h3-5,8-9,12-14,19-20H,6-7,10-11H2,1-2H3/t19?,21-/m1/s1. The zero-order valence-electron chi connectivity index (χ0n) is 13.0. The van der Waals surface area contributed by atoms with E-state index in [1.165, 1.54) is 42.2 Å². The third-order valence-corrected chi connectivity index (χ3v) is 7.04. The highest BCUT2D eigenvalue weighted by Crippen LogP contribution is 2.47. The summed E-state index contributed by atoms with van der Waals surface area (Å²) in [5.41, 5.74) is 3.98. The van der Waals surface area contributed by atoms with Gasteiger partial charge in [0.2, 0.25) is 0 Å². The lowest BCUT2D eigenvalue weighted by Gasteiger charge is -2.34. The van der Waals surface area contributed by atoms with Gasteiger partial charge in [-0.3, -0.25) is 0 Å². The highest BCUT2D eigenvalue weighted by Gasteiger charge is 2.25. The second-order valence-corrected chi connectivity index (χ2v) is 8.59. The maximum Gasteiger partial charge on any atom is 0.0500 e. The van der Waals surface area contributed by atoms with Gasteiger partial charge in [-0.1, -0.05) is 50.7 Å². The molecule has 1 aliphatic rings. The van der Waals surface area contributed by atoms with Crippen LogP contribution in [0.15, 0.2) is 48.5 Å². The van der Waals surface area contributed by atoms with E-state index in [0.29, 0.717) is 5.78 Å². The second kappa shape index (κ2) is 6.62. The van der Waals surface area contributed by atoms with Gasteiger partial charge >= 0.3 is 0 Å². The SMILES string of the molecule is Cc1cc(C)cc(NC2CCCC[P@]2c2ccccc2)c1. The summed E-state index contributed by atoms with van der Waals surface area (Å²) in [5, 5.41) is 5.39. The highest BCUT2D eigenvalue weighted by atomic mass is 31.1. The molecule has 21 heavy (non-hydrogen) atoms. The highest BCUT2D eigenvalue weighted by molar-refractivity contribution is 7.66. The number of benzene rings is 2. The summed E-state index contributed by atoms with van der Waals surface area (Å²) in [7, 11) is -0.0843. The van der Waals surface area contributed by atoms with Crippen LogP contribution in [0.1, 0.15) is 30.4 Å². The van der Waals surface area contributed by atoms with Crippen molar-refractivity contribution < 1.29 is 0 Å². The van der Waals surface area contributed by atoms with E-state index < -0.39 is 0 Å². The molecule has 0 spiro atoms. The van der Waals surface area contributed by atoms with Gasteiger partial charge in [0.25, 0.3) is 0 Å². The van der Waals surface area contributed by atoms with E-state index in [1.54, 1.807) is 5.30 Å². The van der Waals surface area contributed by atoms with E-state index in [0.717, 1.165) is 0 Å². The van der Waals surface area contributed by atoms with Crippen LogP contribution in [0.3, 0.4) is 0 Å². The Hall–Kier alpha value is -1.33. The lowest BCUT2D eigenvalue weighted by Crippen LogP contribution is -2.27. The summed E-state index contributed by atoms with van der Waals surface area (Å²) in [4.78, 5) is 0. The van der Waals surface area contributed by atoms with Crippen molar-refractivity contribution >= 4 is 18.9 Å². The van der Waals surface area contributed by atoms with E-state index in [1.807, 2.05) is 0 Å². The number of hydrogen-bond donors (Lipinski definition) is 1. The monoisotopic (exact) mass is 297 g/mol. The Morgan fingerprint density at radius 3 is 2.38 bits per heavy atom. The lowest BCUT2D eigenvalue weighted by molar-refractivity contribution is 0.689. The molecule has 0 bridgehead atoms. The van der Waals surface area contributed by atoms with Crippen LogP contribution in [0.5, 0.6) is 0 Å². The molecule has 0 aromatic heterocycles. The zero-order valence-corrected chi connectivity index (χ0v) is 13.9. The molecule has 1 saturated heterocycles. The number of rotatable bonds is 3. The molecule has 2 atom stereocenters. The van der Waals surface area contributed by atoms with E-state index in [-0.39, 0.29) is 7.92 Å². The van der Waals surface area contributed by atoms with Crippen molar-refractivity contribution in [2.24, 2.45) is 0 Å². The Kier molecular flexibility index (Phi) is 4.60. The molecule has 1 heterocycles. The Morgan fingerprint density at radius 1 is 0.952 bits per heavy atom. The summed E-state index contributed by atoms with van der Waals surface area (Å²) in [6.45, 7) is 4.36. The quantitative estimate of drug-likeness (QED) is 0.783. The summed E-state index contributed by atoms with van der Waals surface area (Å²) in [5.74, 6) is 0.623. The first-order valence-corrected chi connectivity index (χ1v) is 9.48. The van der Waals surface area contributed by atoms with Crippen molar-refractivity contribution in [3.63, 3.8) is 0 Å². The topological polar surface area (TPSA) is 12.0 Å². The number of anilines is 1. The second-order valence-electron chi connectivity index (χ2n) is 6.06. The Labute approximate surface area is 129 Å². The fraction of sp³-hybridized carbons (Fsp3) is 0.368. The van der Waals surface area contributed by atoms with Crippen LogP contribution in [0, 0.1) is 13.8 Å². The molecule has 3 rings (SSSR count).